The number of benzene rings is 1. The van der Waals surface area contributed by atoms with Gasteiger partial charge in [0.15, 0.2) is 0 Å². The zero-order valence-corrected chi connectivity index (χ0v) is 16.8. The molecule has 2 heterocycles. The van der Waals surface area contributed by atoms with E-state index in [0.29, 0.717) is 5.56 Å². The van der Waals surface area contributed by atoms with Crippen LogP contribution in [0.25, 0.3) is 5.69 Å². The van der Waals surface area contributed by atoms with Crippen molar-refractivity contribution in [1.82, 2.24) is 19.4 Å². The summed E-state index contributed by atoms with van der Waals surface area (Å²) in [6, 6.07) is 10.4. The molecular formula is C18H20N4O3S2. The van der Waals surface area contributed by atoms with E-state index in [1.807, 2.05) is 25.3 Å². The second kappa shape index (κ2) is 7.63. The monoisotopic (exact) mass is 404 g/mol. The summed E-state index contributed by atoms with van der Waals surface area (Å²) in [5.74, 6) is -0.219. The van der Waals surface area contributed by atoms with E-state index in [9.17, 15) is 13.2 Å². The molecule has 142 valence electrons. The quantitative estimate of drug-likeness (QED) is 0.684. The smallest absolute Gasteiger partial charge is 0.252 e. The van der Waals surface area contributed by atoms with Gasteiger partial charge in [0.25, 0.3) is 15.9 Å². The highest BCUT2D eigenvalue weighted by Crippen LogP contribution is 2.23. The summed E-state index contributed by atoms with van der Waals surface area (Å²) >= 11 is 1.15. The highest BCUT2D eigenvalue weighted by atomic mass is 32.2. The summed E-state index contributed by atoms with van der Waals surface area (Å²) in [6.07, 6.45) is 3.68. The Balaban J connectivity index is 1.64. The third-order valence-corrected chi connectivity index (χ3v) is 7.27. The minimum atomic E-state index is -3.45. The lowest BCUT2D eigenvalue weighted by molar-refractivity contribution is 0.0951. The minimum Gasteiger partial charge on any atom is -0.347 e. The molecule has 0 saturated carbocycles. The van der Waals surface area contributed by atoms with Gasteiger partial charge in [-0.2, -0.15) is 5.10 Å². The fourth-order valence-corrected chi connectivity index (χ4v) is 4.83. The van der Waals surface area contributed by atoms with Crippen LogP contribution in [-0.2, 0) is 16.6 Å². The first-order valence-corrected chi connectivity index (χ1v) is 10.4. The summed E-state index contributed by atoms with van der Waals surface area (Å²) in [5.41, 5.74) is 2.46. The van der Waals surface area contributed by atoms with Crippen molar-refractivity contribution in [3.05, 3.63) is 64.8 Å². The van der Waals surface area contributed by atoms with E-state index in [4.69, 9.17) is 0 Å². The first-order valence-electron chi connectivity index (χ1n) is 8.18. The van der Waals surface area contributed by atoms with Gasteiger partial charge in [0.05, 0.1) is 18.4 Å². The lowest BCUT2D eigenvalue weighted by atomic mass is 10.2. The van der Waals surface area contributed by atoms with Crippen LogP contribution in [0.1, 0.15) is 20.8 Å². The lowest BCUT2D eigenvalue weighted by Crippen LogP contribution is -2.22. The molecule has 0 aliphatic heterocycles. The van der Waals surface area contributed by atoms with Crippen LogP contribution in [0.2, 0.25) is 0 Å². The Hall–Kier alpha value is -2.49. The number of amides is 1. The number of hydrogen-bond donors (Lipinski definition) is 1. The molecule has 0 atom stereocenters. The molecule has 3 rings (SSSR count). The Morgan fingerprint density at radius 1 is 1.19 bits per heavy atom. The summed E-state index contributed by atoms with van der Waals surface area (Å²) in [7, 11) is -0.464. The van der Waals surface area contributed by atoms with E-state index in [1.54, 1.807) is 35.1 Å². The minimum absolute atomic E-state index is 0.219. The summed E-state index contributed by atoms with van der Waals surface area (Å²) in [5, 5.41) is 7.05. The van der Waals surface area contributed by atoms with Crippen LogP contribution in [0.3, 0.4) is 0 Å². The average molecular weight is 405 g/mol. The van der Waals surface area contributed by atoms with Crippen LogP contribution in [0.5, 0.6) is 0 Å². The van der Waals surface area contributed by atoms with Gasteiger partial charge in [-0.3, -0.25) is 4.79 Å². The molecule has 0 saturated heterocycles. The van der Waals surface area contributed by atoms with Gasteiger partial charge < -0.3 is 5.32 Å². The molecule has 1 N–H and O–H groups in total. The molecule has 0 spiro atoms. The highest BCUT2D eigenvalue weighted by Gasteiger charge is 2.19. The topological polar surface area (TPSA) is 84.3 Å². The van der Waals surface area contributed by atoms with Crippen molar-refractivity contribution in [2.24, 2.45) is 0 Å². The van der Waals surface area contributed by atoms with Gasteiger partial charge in [-0.25, -0.2) is 17.4 Å². The Morgan fingerprint density at radius 2 is 1.89 bits per heavy atom. The maximum Gasteiger partial charge on any atom is 0.252 e. The molecule has 9 heteroatoms. The van der Waals surface area contributed by atoms with Gasteiger partial charge in [-0.1, -0.05) is 0 Å². The van der Waals surface area contributed by atoms with Crippen LogP contribution in [0.4, 0.5) is 0 Å². The van der Waals surface area contributed by atoms with E-state index < -0.39 is 10.0 Å². The molecule has 0 aliphatic rings. The van der Waals surface area contributed by atoms with Gasteiger partial charge in [-0.05, 0) is 48.9 Å². The Bertz CT molecular complexity index is 1050. The molecule has 0 fully saturated rings. The number of rotatable bonds is 6. The number of hydrogen-bond acceptors (Lipinski definition) is 5. The van der Waals surface area contributed by atoms with E-state index >= 15 is 0 Å². The number of nitrogens with one attached hydrogen (secondary N) is 1. The molecule has 3 aromatic rings. The molecule has 0 bridgehead atoms. The van der Waals surface area contributed by atoms with Crippen molar-refractivity contribution in [1.29, 1.82) is 0 Å². The van der Waals surface area contributed by atoms with E-state index in [1.165, 1.54) is 18.4 Å². The van der Waals surface area contributed by atoms with E-state index in [-0.39, 0.29) is 16.7 Å². The average Bonchev–Trinajstić information content (AvgIpc) is 3.29. The number of thiophene rings is 1. The third-order valence-electron chi connectivity index (χ3n) is 3.90. The number of carbonyl (C=O) groups excluding carboxylic acids is 1. The van der Waals surface area contributed by atoms with Gasteiger partial charge >= 0.3 is 0 Å². The normalized spacial score (nSPS) is 11.7. The summed E-state index contributed by atoms with van der Waals surface area (Å²) in [6.45, 7) is 2.23. The largest absolute Gasteiger partial charge is 0.347 e. The lowest BCUT2D eigenvalue weighted by Gasteiger charge is -2.08. The predicted octanol–water partition coefficient (Wildman–Crippen LogP) is 2.42. The van der Waals surface area contributed by atoms with Gasteiger partial charge in [0, 0.05) is 30.7 Å². The highest BCUT2D eigenvalue weighted by molar-refractivity contribution is 7.91. The van der Waals surface area contributed by atoms with Gasteiger partial charge in [0.2, 0.25) is 0 Å². The number of sulfonamides is 1. The first-order chi connectivity index (χ1) is 12.8. The second-order valence-electron chi connectivity index (χ2n) is 6.20. The SMILES string of the molecule is Cc1cnn(-c2ccc(C(=O)NCc3ccc(S(=O)(=O)N(C)C)s3)cc2)c1. The van der Waals surface area contributed by atoms with Crippen molar-refractivity contribution in [2.45, 2.75) is 17.7 Å². The van der Waals surface area contributed by atoms with E-state index in [0.717, 1.165) is 27.5 Å². The Labute approximate surface area is 162 Å². The molecule has 0 unspecified atom stereocenters. The van der Waals surface area contributed by atoms with Crippen LogP contribution in [-0.4, -0.2) is 42.5 Å². The van der Waals surface area contributed by atoms with Crippen molar-refractivity contribution >= 4 is 27.3 Å². The summed E-state index contributed by atoms with van der Waals surface area (Å²) < 4.78 is 27.4. The van der Waals surface area contributed by atoms with Gasteiger partial charge in [0.1, 0.15) is 4.21 Å². The molecule has 2 aromatic heterocycles. The molecule has 27 heavy (non-hydrogen) atoms. The molecule has 0 aliphatic carbocycles. The molecule has 1 aromatic carbocycles. The molecule has 7 nitrogen and oxygen atoms in total. The van der Waals surface area contributed by atoms with Crippen LogP contribution in [0, 0.1) is 6.92 Å². The fraction of sp³-hybridized carbons (Fsp3) is 0.222. The Morgan fingerprint density at radius 3 is 2.48 bits per heavy atom. The maximum atomic E-state index is 12.3. The standard InChI is InChI=1S/C18H20N4O3S2/c1-13-10-20-22(12-13)15-6-4-14(5-7-15)18(23)19-11-16-8-9-17(26-16)27(24,25)21(2)3/h4-10,12H,11H2,1-3H3,(H,19,23). The third kappa shape index (κ3) is 4.26. The fourth-order valence-electron chi connectivity index (χ4n) is 2.36. The molecular weight excluding hydrogens is 384 g/mol. The van der Waals surface area contributed by atoms with Crippen molar-refractivity contribution in [3.63, 3.8) is 0 Å². The van der Waals surface area contributed by atoms with E-state index in [2.05, 4.69) is 10.4 Å². The molecule has 1 amide bonds. The second-order valence-corrected chi connectivity index (χ2v) is 9.75. The number of aryl methyl sites for hydroxylation is 1. The zero-order chi connectivity index (χ0) is 19.6. The van der Waals surface area contributed by atoms with Crippen molar-refractivity contribution in [3.8, 4) is 5.69 Å². The van der Waals surface area contributed by atoms with Gasteiger partial charge in [-0.15, -0.1) is 11.3 Å². The van der Waals surface area contributed by atoms with Crippen LogP contribution >= 0.6 is 11.3 Å². The predicted molar refractivity (Wildman–Crippen MR) is 105 cm³/mol. The summed E-state index contributed by atoms with van der Waals surface area (Å²) in [4.78, 5) is 13.1. The Kier molecular flexibility index (Phi) is 5.45. The number of aromatic nitrogens is 2. The zero-order valence-electron chi connectivity index (χ0n) is 15.2. The first kappa shape index (κ1) is 19.3. The maximum absolute atomic E-state index is 12.3. The van der Waals surface area contributed by atoms with Crippen LogP contribution < -0.4 is 5.32 Å². The van der Waals surface area contributed by atoms with Crippen molar-refractivity contribution < 1.29 is 13.2 Å². The molecule has 0 radical (unpaired) electrons. The van der Waals surface area contributed by atoms with Crippen LogP contribution in [0.15, 0.2) is 53.0 Å². The van der Waals surface area contributed by atoms with Crippen molar-refractivity contribution in [2.75, 3.05) is 14.1 Å². The number of carbonyl (C=O) groups is 1. The number of nitrogens with zero attached hydrogens (tertiary/aromatic N) is 3.